The molecule has 0 aliphatic rings. The molecule has 1 aromatic heterocycles. The fourth-order valence-corrected chi connectivity index (χ4v) is 2.05. The molecule has 1 heterocycles. The largest absolute Gasteiger partial charge is 0.496 e. The SMILES string of the molecule is COc1cccc(F)c1-c1nc(Cl)c(C#N)cc1Cl. The summed E-state index contributed by atoms with van der Waals surface area (Å²) in [5, 5.41) is 8.92. The zero-order valence-electron chi connectivity index (χ0n) is 9.75. The van der Waals surface area contributed by atoms with Crippen molar-refractivity contribution in [1.82, 2.24) is 4.98 Å². The standard InChI is InChI=1S/C13H7Cl2FN2O/c1-19-10-4-2-3-9(16)11(10)12-8(14)5-7(6-17)13(15)18-12/h2-5H,1H3. The first-order valence-electron chi connectivity index (χ1n) is 5.17. The van der Waals surface area contributed by atoms with Crippen molar-refractivity contribution < 1.29 is 9.13 Å². The Hall–Kier alpha value is -1.83. The third-order valence-electron chi connectivity index (χ3n) is 2.48. The Bertz CT molecular complexity index is 683. The molecule has 3 nitrogen and oxygen atoms in total. The average Bonchev–Trinajstić information content (AvgIpc) is 2.41. The molecule has 0 amide bonds. The van der Waals surface area contributed by atoms with Gasteiger partial charge in [0.15, 0.2) is 0 Å². The Balaban J connectivity index is 2.73. The van der Waals surface area contributed by atoms with Gasteiger partial charge in [0.25, 0.3) is 0 Å². The van der Waals surface area contributed by atoms with Crippen LogP contribution in [0.5, 0.6) is 5.75 Å². The van der Waals surface area contributed by atoms with Crippen molar-refractivity contribution in [3.8, 4) is 23.1 Å². The number of halogens is 3. The molecule has 6 heteroatoms. The summed E-state index contributed by atoms with van der Waals surface area (Å²) < 4.78 is 19.0. The normalized spacial score (nSPS) is 10.1. The van der Waals surface area contributed by atoms with E-state index in [0.717, 1.165) is 0 Å². The summed E-state index contributed by atoms with van der Waals surface area (Å²) in [6.07, 6.45) is 0. The van der Waals surface area contributed by atoms with Crippen LogP contribution in [0.4, 0.5) is 4.39 Å². The lowest BCUT2D eigenvalue weighted by Gasteiger charge is -2.11. The summed E-state index contributed by atoms with van der Waals surface area (Å²) >= 11 is 11.9. The van der Waals surface area contributed by atoms with Crippen molar-refractivity contribution in [3.05, 3.63) is 45.8 Å². The summed E-state index contributed by atoms with van der Waals surface area (Å²) in [6.45, 7) is 0. The number of pyridine rings is 1. The summed E-state index contributed by atoms with van der Waals surface area (Å²) in [6, 6.07) is 7.56. The molecule has 0 aliphatic carbocycles. The first-order valence-corrected chi connectivity index (χ1v) is 5.93. The Morgan fingerprint density at radius 2 is 2.11 bits per heavy atom. The van der Waals surface area contributed by atoms with Gasteiger partial charge in [-0.05, 0) is 18.2 Å². The van der Waals surface area contributed by atoms with E-state index < -0.39 is 5.82 Å². The first-order chi connectivity index (χ1) is 9.08. The van der Waals surface area contributed by atoms with Gasteiger partial charge in [-0.3, -0.25) is 0 Å². The summed E-state index contributed by atoms with van der Waals surface area (Å²) in [7, 11) is 1.41. The van der Waals surface area contributed by atoms with Crippen molar-refractivity contribution in [2.45, 2.75) is 0 Å². The maximum atomic E-state index is 13.9. The van der Waals surface area contributed by atoms with Gasteiger partial charge < -0.3 is 4.74 Å². The van der Waals surface area contributed by atoms with Crippen molar-refractivity contribution in [3.63, 3.8) is 0 Å². The lowest BCUT2D eigenvalue weighted by molar-refractivity contribution is 0.413. The zero-order valence-corrected chi connectivity index (χ0v) is 11.3. The minimum atomic E-state index is -0.533. The van der Waals surface area contributed by atoms with Gasteiger partial charge in [0, 0.05) is 0 Å². The van der Waals surface area contributed by atoms with Gasteiger partial charge in [-0.2, -0.15) is 5.26 Å². The van der Waals surface area contributed by atoms with Crippen molar-refractivity contribution >= 4 is 23.2 Å². The average molecular weight is 297 g/mol. The maximum absolute atomic E-state index is 13.9. The van der Waals surface area contributed by atoms with E-state index >= 15 is 0 Å². The van der Waals surface area contributed by atoms with Crippen LogP contribution < -0.4 is 4.74 Å². The van der Waals surface area contributed by atoms with E-state index in [2.05, 4.69) is 4.98 Å². The highest BCUT2D eigenvalue weighted by Gasteiger charge is 2.18. The molecule has 0 bridgehead atoms. The minimum Gasteiger partial charge on any atom is -0.496 e. The van der Waals surface area contributed by atoms with E-state index in [1.165, 1.54) is 25.3 Å². The zero-order chi connectivity index (χ0) is 14.0. The molecule has 2 aromatic rings. The van der Waals surface area contributed by atoms with E-state index in [1.807, 2.05) is 6.07 Å². The number of ether oxygens (including phenoxy) is 1. The molecule has 0 saturated carbocycles. The molecular formula is C13H7Cl2FN2O. The maximum Gasteiger partial charge on any atom is 0.147 e. The predicted molar refractivity (Wildman–Crippen MR) is 70.9 cm³/mol. The van der Waals surface area contributed by atoms with Crippen molar-refractivity contribution in [2.75, 3.05) is 7.11 Å². The highest BCUT2D eigenvalue weighted by atomic mass is 35.5. The number of hydrogen-bond acceptors (Lipinski definition) is 3. The van der Waals surface area contributed by atoms with Gasteiger partial charge in [-0.15, -0.1) is 0 Å². The van der Waals surface area contributed by atoms with E-state index in [9.17, 15) is 4.39 Å². The molecule has 2 rings (SSSR count). The monoisotopic (exact) mass is 296 g/mol. The Kier molecular flexibility index (Phi) is 3.89. The third-order valence-corrected chi connectivity index (χ3v) is 3.06. The third kappa shape index (κ3) is 2.48. The minimum absolute atomic E-state index is 0.0350. The molecule has 0 saturated heterocycles. The van der Waals surface area contributed by atoms with Crippen LogP contribution in [-0.2, 0) is 0 Å². The summed E-state index contributed by atoms with van der Waals surface area (Å²) in [5.41, 5.74) is 0.382. The molecule has 1 aromatic carbocycles. The van der Waals surface area contributed by atoms with E-state index in [-0.39, 0.29) is 32.7 Å². The summed E-state index contributed by atoms with van der Waals surface area (Å²) in [4.78, 5) is 3.97. The second-order valence-electron chi connectivity index (χ2n) is 3.59. The predicted octanol–water partition coefficient (Wildman–Crippen LogP) is 4.07. The van der Waals surface area contributed by atoms with Crippen molar-refractivity contribution in [1.29, 1.82) is 5.26 Å². The number of hydrogen-bond donors (Lipinski definition) is 0. The molecule has 96 valence electrons. The Morgan fingerprint density at radius 1 is 1.37 bits per heavy atom. The number of aromatic nitrogens is 1. The van der Waals surface area contributed by atoms with Crippen LogP contribution in [0.3, 0.4) is 0 Å². The second kappa shape index (κ2) is 5.43. The number of benzene rings is 1. The van der Waals surface area contributed by atoms with E-state index in [0.29, 0.717) is 0 Å². The molecular weight excluding hydrogens is 290 g/mol. The highest BCUT2D eigenvalue weighted by molar-refractivity contribution is 6.35. The van der Waals surface area contributed by atoms with Gasteiger partial charge in [0.05, 0.1) is 29.0 Å². The molecule has 0 aliphatic heterocycles. The fourth-order valence-electron chi connectivity index (χ4n) is 1.62. The van der Waals surface area contributed by atoms with Crippen LogP contribution in [0.15, 0.2) is 24.3 Å². The number of nitriles is 1. The Morgan fingerprint density at radius 3 is 2.74 bits per heavy atom. The van der Waals surface area contributed by atoms with Gasteiger partial charge >= 0.3 is 0 Å². The first kappa shape index (κ1) is 13.6. The Labute approximate surface area is 119 Å². The van der Waals surface area contributed by atoms with Crippen LogP contribution in [0.1, 0.15) is 5.56 Å². The van der Waals surface area contributed by atoms with E-state index in [1.54, 1.807) is 6.07 Å². The van der Waals surface area contributed by atoms with Crippen LogP contribution >= 0.6 is 23.2 Å². The molecule has 0 fully saturated rings. The van der Waals surface area contributed by atoms with Crippen LogP contribution in [-0.4, -0.2) is 12.1 Å². The number of nitrogens with zero attached hydrogens (tertiary/aromatic N) is 2. The van der Waals surface area contributed by atoms with Crippen LogP contribution in [0.2, 0.25) is 10.2 Å². The van der Waals surface area contributed by atoms with Gasteiger partial charge in [0.1, 0.15) is 22.8 Å². The molecule has 19 heavy (non-hydrogen) atoms. The summed E-state index contributed by atoms with van der Waals surface area (Å²) in [5.74, 6) is -0.246. The molecule has 0 radical (unpaired) electrons. The fraction of sp³-hybridized carbons (Fsp3) is 0.0769. The second-order valence-corrected chi connectivity index (χ2v) is 4.35. The molecule has 0 N–H and O–H groups in total. The topological polar surface area (TPSA) is 45.9 Å². The molecule has 0 unspecified atom stereocenters. The van der Waals surface area contributed by atoms with Crippen molar-refractivity contribution in [2.24, 2.45) is 0 Å². The van der Waals surface area contributed by atoms with E-state index in [4.69, 9.17) is 33.2 Å². The van der Waals surface area contributed by atoms with Gasteiger partial charge in [-0.1, -0.05) is 29.3 Å². The molecule has 0 spiro atoms. The highest BCUT2D eigenvalue weighted by Crippen LogP contribution is 2.37. The van der Waals surface area contributed by atoms with Crippen LogP contribution in [0, 0.1) is 17.1 Å². The molecule has 0 atom stereocenters. The number of methoxy groups -OCH3 is 1. The smallest absolute Gasteiger partial charge is 0.147 e. The lowest BCUT2D eigenvalue weighted by Crippen LogP contribution is -1.96. The quantitative estimate of drug-likeness (QED) is 0.785. The van der Waals surface area contributed by atoms with Gasteiger partial charge in [0.2, 0.25) is 0 Å². The van der Waals surface area contributed by atoms with Gasteiger partial charge in [-0.25, -0.2) is 9.37 Å². The number of rotatable bonds is 2. The van der Waals surface area contributed by atoms with Crippen LogP contribution in [0.25, 0.3) is 11.3 Å². The lowest BCUT2D eigenvalue weighted by atomic mass is 10.1.